The number of aldehydes is 1. The quantitative estimate of drug-likeness (QED) is 0.797. The van der Waals surface area contributed by atoms with Crippen molar-refractivity contribution in [3.05, 3.63) is 10.6 Å². The third-order valence-corrected chi connectivity index (χ3v) is 3.30. The highest BCUT2D eigenvalue weighted by Gasteiger charge is 2.31. The monoisotopic (exact) mass is 280 g/mol. The van der Waals surface area contributed by atoms with Crippen molar-refractivity contribution in [1.82, 2.24) is 4.98 Å². The van der Waals surface area contributed by atoms with Crippen LogP contribution in [-0.2, 0) is 5.41 Å². The van der Waals surface area contributed by atoms with Crippen LogP contribution in [0.1, 0.15) is 36.1 Å². The van der Waals surface area contributed by atoms with Crippen LogP contribution in [0.5, 0.6) is 0 Å². The lowest BCUT2D eigenvalue weighted by atomic mass is 9.91. The normalized spacial score (nSPS) is 12.6. The van der Waals surface area contributed by atoms with Crippen LogP contribution in [0.15, 0.2) is 0 Å². The zero-order valence-electron chi connectivity index (χ0n) is 10.6. The Hall–Kier alpha value is -1.11. The topological polar surface area (TPSA) is 33.2 Å². The van der Waals surface area contributed by atoms with Gasteiger partial charge in [0.05, 0.1) is 10.6 Å². The van der Waals surface area contributed by atoms with Crippen LogP contribution in [0.4, 0.5) is 18.3 Å². The predicted octanol–water partition coefficient (Wildman–Crippen LogP) is 3.25. The summed E-state index contributed by atoms with van der Waals surface area (Å²) in [4.78, 5) is 16.5. The Bertz CT molecular complexity index is 434. The van der Waals surface area contributed by atoms with Crippen LogP contribution < -0.4 is 4.90 Å². The highest BCUT2D eigenvalue weighted by atomic mass is 32.1. The molecule has 0 N–H and O–H groups in total. The van der Waals surface area contributed by atoms with Crippen molar-refractivity contribution in [2.75, 3.05) is 18.5 Å². The summed E-state index contributed by atoms with van der Waals surface area (Å²) >= 11 is 0.982. The number of carbonyl (C=O) groups excluding carboxylic acids is 1. The van der Waals surface area contributed by atoms with E-state index in [1.54, 1.807) is 0 Å². The minimum absolute atomic E-state index is 0.208. The molecule has 1 heterocycles. The molecule has 0 fully saturated rings. The van der Waals surface area contributed by atoms with Crippen molar-refractivity contribution in [3.8, 4) is 0 Å². The number of alkyl halides is 3. The summed E-state index contributed by atoms with van der Waals surface area (Å²) < 4.78 is 36.8. The molecular formula is C11H15F3N2OS. The van der Waals surface area contributed by atoms with Crippen LogP contribution in [-0.4, -0.2) is 31.0 Å². The molecule has 3 nitrogen and oxygen atoms in total. The number of aromatic nitrogens is 1. The molecule has 0 radical (unpaired) electrons. The van der Waals surface area contributed by atoms with Crippen LogP contribution in [0.25, 0.3) is 0 Å². The van der Waals surface area contributed by atoms with E-state index in [9.17, 15) is 18.0 Å². The fraction of sp³-hybridized carbons (Fsp3) is 0.636. The Morgan fingerprint density at radius 1 is 1.33 bits per heavy atom. The van der Waals surface area contributed by atoms with Gasteiger partial charge in [-0.05, 0) is 0 Å². The van der Waals surface area contributed by atoms with Crippen LogP contribution in [0, 0.1) is 0 Å². The predicted molar refractivity (Wildman–Crippen MR) is 65.5 cm³/mol. The second kappa shape index (κ2) is 4.87. The van der Waals surface area contributed by atoms with Gasteiger partial charge < -0.3 is 4.90 Å². The Balaban J connectivity index is 3.06. The largest absolute Gasteiger partial charge is 0.405 e. The molecule has 7 heteroatoms. The first-order valence-electron chi connectivity index (χ1n) is 5.29. The summed E-state index contributed by atoms with van der Waals surface area (Å²) in [6.07, 6.45) is -3.65. The second-order valence-electron chi connectivity index (χ2n) is 5.05. The molecule has 0 saturated carbocycles. The van der Waals surface area contributed by atoms with E-state index in [4.69, 9.17) is 0 Å². The molecule has 0 aliphatic heterocycles. The minimum atomic E-state index is -4.29. The maximum atomic E-state index is 12.3. The highest BCUT2D eigenvalue weighted by molar-refractivity contribution is 7.17. The molecule has 0 saturated heterocycles. The summed E-state index contributed by atoms with van der Waals surface area (Å²) in [5.41, 5.74) is 0.163. The Kier molecular flexibility index (Phi) is 4.05. The van der Waals surface area contributed by atoms with Crippen molar-refractivity contribution in [2.24, 2.45) is 0 Å². The van der Waals surface area contributed by atoms with Gasteiger partial charge in [0.2, 0.25) is 0 Å². The van der Waals surface area contributed by atoms with E-state index in [1.165, 1.54) is 7.05 Å². The molecule has 0 aliphatic carbocycles. The third kappa shape index (κ3) is 3.69. The minimum Gasteiger partial charge on any atom is -0.342 e. The molecule has 0 atom stereocenters. The number of halogens is 3. The lowest BCUT2D eigenvalue weighted by molar-refractivity contribution is -0.119. The van der Waals surface area contributed by atoms with Gasteiger partial charge in [-0.25, -0.2) is 4.98 Å². The first-order chi connectivity index (χ1) is 8.04. The molecule has 102 valence electrons. The van der Waals surface area contributed by atoms with Crippen molar-refractivity contribution in [1.29, 1.82) is 0 Å². The molecule has 18 heavy (non-hydrogen) atoms. The average molecular weight is 280 g/mol. The first kappa shape index (κ1) is 14.9. The van der Waals surface area contributed by atoms with E-state index in [1.807, 2.05) is 20.8 Å². The van der Waals surface area contributed by atoms with Gasteiger partial charge in [-0.1, -0.05) is 32.1 Å². The van der Waals surface area contributed by atoms with Crippen molar-refractivity contribution in [2.45, 2.75) is 32.4 Å². The van der Waals surface area contributed by atoms with Gasteiger partial charge in [-0.2, -0.15) is 13.2 Å². The van der Waals surface area contributed by atoms with E-state index in [-0.39, 0.29) is 10.5 Å². The zero-order chi connectivity index (χ0) is 14.1. The molecule has 1 rings (SSSR count). The van der Waals surface area contributed by atoms with Crippen LogP contribution in [0.2, 0.25) is 0 Å². The number of carbonyl (C=O) groups is 1. The molecule has 0 aliphatic rings. The lowest BCUT2D eigenvalue weighted by Crippen LogP contribution is -2.30. The standard InChI is InChI=1S/C11H15F3N2OS/c1-10(2,3)8-7(5-17)18-9(15-8)16(4)6-11(12,13)14/h5H,6H2,1-4H3. The maximum absolute atomic E-state index is 12.3. The summed E-state index contributed by atoms with van der Waals surface area (Å²) in [5.74, 6) is 0. The Labute approximate surface area is 108 Å². The molecule has 0 bridgehead atoms. The number of nitrogens with zero attached hydrogens (tertiary/aromatic N) is 2. The zero-order valence-corrected chi connectivity index (χ0v) is 11.4. The molecule has 1 aromatic rings. The summed E-state index contributed by atoms with van der Waals surface area (Å²) in [7, 11) is 1.31. The van der Waals surface area contributed by atoms with Gasteiger partial charge >= 0.3 is 6.18 Å². The molecular weight excluding hydrogens is 265 g/mol. The summed E-state index contributed by atoms with van der Waals surface area (Å²) in [6.45, 7) is 4.51. The SMILES string of the molecule is CN(CC(F)(F)F)c1nc(C(C)(C)C)c(C=O)s1. The average Bonchev–Trinajstić information content (AvgIpc) is 2.57. The first-order valence-corrected chi connectivity index (χ1v) is 6.10. The number of thiazole rings is 1. The number of anilines is 1. The highest BCUT2D eigenvalue weighted by Crippen LogP contribution is 2.33. The van der Waals surface area contributed by atoms with Crippen LogP contribution >= 0.6 is 11.3 Å². The fourth-order valence-electron chi connectivity index (χ4n) is 1.44. The third-order valence-electron chi connectivity index (χ3n) is 2.20. The molecule has 0 amide bonds. The van der Waals surface area contributed by atoms with E-state index in [0.29, 0.717) is 16.9 Å². The smallest absolute Gasteiger partial charge is 0.342 e. The van der Waals surface area contributed by atoms with Gasteiger partial charge in [-0.15, -0.1) is 0 Å². The molecule has 0 unspecified atom stereocenters. The summed E-state index contributed by atoms with van der Waals surface area (Å²) in [6, 6.07) is 0. The Morgan fingerprint density at radius 2 is 1.89 bits per heavy atom. The van der Waals surface area contributed by atoms with Crippen molar-refractivity contribution in [3.63, 3.8) is 0 Å². The van der Waals surface area contributed by atoms with Gasteiger partial charge in [0.25, 0.3) is 0 Å². The summed E-state index contributed by atoms with van der Waals surface area (Å²) in [5, 5.41) is 0.208. The number of hydrogen-bond donors (Lipinski definition) is 0. The van der Waals surface area contributed by atoms with Crippen molar-refractivity contribution >= 4 is 22.8 Å². The van der Waals surface area contributed by atoms with E-state index >= 15 is 0 Å². The number of rotatable bonds is 3. The van der Waals surface area contributed by atoms with Gasteiger partial charge in [0.1, 0.15) is 6.54 Å². The van der Waals surface area contributed by atoms with Crippen LogP contribution in [0.3, 0.4) is 0 Å². The van der Waals surface area contributed by atoms with E-state index in [2.05, 4.69) is 4.98 Å². The molecule has 0 spiro atoms. The number of hydrogen-bond acceptors (Lipinski definition) is 4. The Morgan fingerprint density at radius 3 is 2.22 bits per heavy atom. The van der Waals surface area contributed by atoms with Crippen molar-refractivity contribution < 1.29 is 18.0 Å². The van der Waals surface area contributed by atoms with Gasteiger partial charge in [-0.3, -0.25) is 4.79 Å². The van der Waals surface area contributed by atoms with E-state index in [0.717, 1.165) is 16.2 Å². The fourth-order valence-corrected chi connectivity index (χ4v) is 2.49. The second-order valence-corrected chi connectivity index (χ2v) is 6.06. The van der Waals surface area contributed by atoms with Gasteiger partial charge in [0.15, 0.2) is 11.4 Å². The van der Waals surface area contributed by atoms with Gasteiger partial charge in [0, 0.05) is 12.5 Å². The molecule has 1 aromatic heterocycles. The van der Waals surface area contributed by atoms with E-state index < -0.39 is 12.7 Å². The molecule has 0 aromatic carbocycles. The maximum Gasteiger partial charge on any atom is 0.405 e. The lowest BCUT2D eigenvalue weighted by Gasteiger charge is -2.18.